The standard InChI is InChI=1S/C27H24N2O2/c1-3-7-23(8-4-1)24-11-13-25(14-12-24)27(21-22-15-17-28-18-16-22)29-31-20-19-30-26-9-5-2-6-10-26/h1-18H,19-21H2. The predicted molar refractivity (Wildman–Crippen MR) is 124 cm³/mol. The molecule has 0 saturated heterocycles. The molecule has 0 aliphatic carbocycles. The van der Waals surface area contributed by atoms with E-state index in [2.05, 4.69) is 46.5 Å². The second-order valence-electron chi connectivity index (χ2n) is 7.01. The van der Waals surface area contributed by atoms with E-state index >= 15 is 0 Å². The van der Waals surface area contributed by atoms with E-state index in [0.717, 1.165) is 22.6 Å². The van der Waals surface area contributed by atoms with Gasteiger partial charge in [0.25, 0.3) is 0 Å². The first-order valence-electron chi connectivity index (χ1n) is 10.3. The minimum atomic E-state index is 0.372. The molecule has 31 heavy (non-hydrogen) atoms. The summed E-state index contributed by atoms with van der Waals surface area (Å²) in [4.78, 5) is 9.70. The van der Waals surface area contributed by atoms with Gasteiger partial charge in [-0.05, 0) is 46.5 Å². The molecule has 0 aliphatic rings. The van der Waals surface area contributed by atoms with Crippen molar-refractivity contribution in [3.8, 4) is 16.9 Å². The second kappa shape index (κ2) is 10.7. The number of rotatable bonds is 9. The molecule has 4 aromatic rings. The maximum atomic E-state index is 5.67. The normalized spacial score (nSPS) is 11.2. The number of pyridine rings is 1. The minimum Gasteiger partial charge on any atom is -0.490 e. The highest BCUT2D eigenvalue weighted by Gasteiger charge is 2.08. The lowest BCUT2D eigenvalue weighted by Crippen LogP contribution is -2.09. The van der Waals surface area contributed by atoms with E-state index in [4.69, 9.17) is 9.57 Å². The van der Waals surface area contributed by atoms with Crippen LogP contribution in [-0.2, 0) is 11.3 Å². The Bertz CT molecular complexity index is 1080. The lowest BCUT2D eigenvalue weighted by molar-refractivity contribution is 0.107. The molecule has 0 spiro atoms. The van der Waals surface area contributed by atoms with Gasteiger partial charge < -0.3 is 9.57 Å². The van der Waals surface area contributed by atoms with E-state index in [-0.39, 0.29) is 0 Å². The van der Waals surface area contributed by atoms with Crippen LogP contribution in [0, 0.1) is 0 Å². The van der Waals surface area contributed by atoms with Crippen LogP contribution in [0.1, 0.15) is 11.1 Å². The van der Waals surface area contributed by atoms with Gasteiger partial charge in [0.1, 0.15) is 12.4 Å². The lowest BCUT2D eigenvalue weighted by Gasteiger charge is -2.10. The number of ether oxygens (including phenoxy) is 1. The van der Waals surface area contributed by atoms with Crippen molar-refractivity contribution < 1.29 is 9.57 Å². The molecule has 3 aromatic carbocycles. The number of nitrogens with zero attached hydrogens (tertiary/aromatic N) is 2. The van der Waals surface area contributed by atoms with Crippen molar-refractivity contribution in [2.24, 2.45) is 5.16 Å². The Kier molecular flexibility index (Phi) is 7.05. The fraction of sp³-hybridized carbons (Fsp3) is 0.111. The van der Waals surface area contributed by atoms with Crippen LogP contribution in [0.5, 0.6) is 5.75 Å². The highest BCUT2D eigenvalue weighted by atomic mass is 16.6. The monoisotopic (exact) mass is 408 g/mol. The smallest absolute Gasteiger partial charge is 0.151 e. The maximum Gasteiger partial charge on any atom is 0.151 e. The first kappa shape index (κ1) is 20.4. The summed E-state index contributed by atoms with van der Waals surface area (Å²) in [5.41, 5.74) is 5.39. The van der Waals surface area contributed by atoms with Gasteiger partial charge in [-0.25, -0.2) is 0 Å². The van der Waals surface area contributed by atoms with Crippen LogP contribution in [0.15, 0.2) is 115 Å². The first-order chi connectivity index (χ1) is 15.4. The van der Waals surface area contributed by atoms with Gasteiger partial charge in [0.05, 0.1) is 5.71 Å². The molecule has 4 nitrogen and oxygen atoms in total. The molecule has 0 fully saturated rings. The summed E-state index contributed by atoms with van der Waals surface area (Å²) >= 11 is 0. The van der Waals surface area contributed by atoms with E-state index in [1.165, 1.54) is 11.1 Å². The van der Waals surface area contributed by atoms with Crippen LogP contribution in [0.3, 0.4) is 0 Å². The Labute approximate surface area is 182 Å². The second-order valence-corrected chi connectivity index (χ2v) is 7.01. The third kappa shape index (κ3) is 6.03. The quantitative estimate of drug-likeness (QED) is 0.200. The Morgan fingerprint density at radius 1 is 0.677 bits per heavy atom. The summed E-state index contributed by atoms with van der Waals surface area (Å²) in [6.45, 7) is 0.805. The van der Waals surface area contributed by atoms with Crippen LogP contribution < -0.4 is 4.74 Å². The Morgan fingerprint density at radius 3 is 2.03 bits per heavy atom. The van der Waals surface area contributed by atoms with Gasteiger partial charge in [-0.15, -0.1) is 0 Å². The molecule has 1 heterocycles. The minimum absolute atomic E-state index is 0.372. The molecule has 4 heteroatoms. The summed E-state index contributed by atoms with van der Waals surface area (Å²) in [5, 5.41) is 4.44. The van der Waals surface area contributed by atoms with Crippen molar-refractivity contribution in [3.63, 3.8) is 0 Å². The molecule has 0 bridgehead atoms. The predicted octanol–water partition coefficient (Wildman–Crippen LogP) is 5.79. The van der Waals surface area contributed by atoms with Crippen molar-refractivity contribution in [2.75, 3.05) is 13.2 Å². The summed E-state index contributed by atoms with van der Waals surface area (Å²) < 4.78 is 5.67. The fourth-order valence-electron chi connectivity index (χ4n) is 3.20. The Hall–Kier alpha value is -3.92. The number of hydrogen-bond donors (Lipinski definition) is 0. The first-order valence-corrected chi connectivity index (χ1v) is 10.3. The van der Waals surface area contributed by atoms with E-state index in [0.29, 0.717) is 19.6 Å². The summed E-state index contributed by atoms with van der Waals surface area (Å²) in [6, 6.07) is 32.4. The van der Waals surface area contributed by atoms with Crippen LogP contribution in [0.2, 0.25) is 0 Å². The largest absolute Gasteiger partial charge is 0.490 e. The van der Waals surface area contributed by atoms with Crippen LogP contribution >= 0.6 is 0 Å². The van der Waals surface area contributed by atoms with Crippen molar-refractivity contribution in [3.05, 3.63) is 121 Å². The number of hydrogen-bond acceptors (Lipinski definition) is 4. The fourth-order valence-corrected chi connectivity index (χ4v) is 3.20. The van der Waals surface area contributed by atoms with Crippen LogP contribution in [-0.4, -0.2) is 23.9 Å². The van der Waals surface area contributed by atoms with E-state index < -0.39 is 0 Å². The third-order valence-corrected chi connectivity index (χ3v) is 4.81. The highest BCUT2D eigenvalue weighted by Crippen LogP contribution is 2.20. The van der Waals surface area contributed by atoms with Crippen molar-refractivity contribution in [1.29, 1.82) is 0 Å². The summed E-state index contributed by atoms with van der Waals surface area (Å²) in [7, 11) is 0. The van der Waals surface area contributed by atoms with Crippen molar-refractivity contribution in [2.45, 2.75) is 6.42 Å². The molecular formula is C27H24N2O2. The van der Waals surface area contributed by atoms with E-state index in [1.807, 2.05) is 60.7 Å². The van der Waals surface area contributed by atoms with Crippen LogP contribution in [0.25, 0.3) is 11.1 Å². The van der Waals surface area contributed by atoms with Gasteiger partial charge in [-0.3, -0.25) is 4.98 Å². The zero-order chi connectivity index (χ0) is 21.1. The van der Waals surface area contributed by atoms with Crippen molar-refractivity contribution >= 4 is 5.71 Å². The zero-order valence-electron chi connectivity index (χ0n) is 17.2. The molecule has 0 saturated carbocycles. The highest BCUT2D eigenvalue weighted by molar-refractivity contribution is 6.01. The average molecular weight is 409 g/mol. The molecule has 0 radical (unpaired) electrons. The molecule has 0 unspecified atom stereocenters. The van der Waals surface area contributed by atoms with Gasteiger partial charge >= 0.3 is 0 Å². The number of aromatic nitrogens is 1. The maximum absolute atomic E-state index is 5.67. The van der Waals surface area contributed by atoms with E-state index in [1.54, 1.807) is 12.4 Å². The number of benzene rings is 3. The molecule has 0 atom stereocenters. The Balaban J connectivity index is 1.45. The molecular weight excluding hydrogens is 384 g/mol. The lowest BCUT2D eigenvalue weighted by atomic mass is 9.99. The zero-order valence-corrected chi connectivity index (χ0v) is 17.2. The molecule has 0 aliphatic heterocycles. The van der Waals surface area contributed by atoms with Gasteiger partial charge in [0.2, 0.25) is 0 Å². The molecule has 0 N–H and O–H groups in total. The number of oxime groups is 1. The molecule has 4 rings (SSSR count). The molecule has 0 amide bonds. The summed E-state index contributed by atoms with van der Waals surface area (Å²) in [5.74, 6) is 0.823. The SMILES string of the molecule is c1ccc(OCCON=C(Cc2ccncc2)c2ccc(-c3ccccc3)cc2)cc1. The van der Waals surface area contributed by atoms with Gasteiger partial charge in [0.15, 0.2) is 6.61 Å². The van der Waals surface area contributed by atoms with Gasteiger partial charge in [-0.1, -0.05) is 78.0 Å². The van der Waals surface area contributed by atoms with Crippen molar-refractivity contribution in [1.82, 2.24) is 4.98 Å². The van der Waals surface area contributed by atoms with Crippen LogP contribution in [0.4, 0.5) is 0 Å². The third-order valence-electron chi connectivity index (χ3n) is 4.81. The van der Waals surface area contributed by atoms with Gasteiger partial charge in [-0.2, -0.15) is 0 Å². The number of para-hydroxylation sites is 1. The van der Waals surface area contributed by atoms with E-state index in [9.17, 15) is 0 Å². The molecule has 1 aromatic heterocycles. The van der Waals surface area contributed by atoms with Gasteiger partial charge in [0, 0.05) is 18.8 Å². The topological polar surface area (TPSA) is 43.7 Å². The average Bonchev–Trinajstić information content (AvgIpc) is 2.85. The Morgan fingerprint density at radius 2 is 1.32 bits per heavy atom. The summed E-state index contributed by atoms with van der Waals surface area (Å²) in [6.07, 6.45) is 4.24. The molecule has 154 valence electrons.